The monoisotopic (exact) mass is 375 g/mol. The fourth-order valence-electron chi connectivity index (χ4n) is 3.87. The van der Waals surface area contributed by atoms with E-state index < -0.39 is 11.5 Å². The Labute approximate surface area is 161 Å². The molecule has 0 fully saturated rings. The second-order valence-electron chi connectivity index (χ2n) is 8.88. The van der Waals surface area contributed by atoms with Crippen molar-refractivity contribution in [3.63, 3.8) is 0 Å². The third kappa shape index (κ3) is 5.28. The van der Waals surface area contributed by atoms with Gasteiger partial charge in [0.05, 0.1) is 0 Å². The van der Waals surface area contributed by atoms with Crippen molar-refractivity contribution in [3.05, 3.63) is 33.2 Å². The van der Waals surface area contributed by atoms with Crippen LogP contribution < -0.4 is 10.9 Å². The Morgan fingerprint density at radius 3 is 2.41 bits per heavy atom. The van der Waals surface area contributed by atoms with Crippen molar-refractivity contribution in [3.8, 4) is 0 Å². The number of aromatic nitrogens is 1. The summed E-state index contributed by atoms with van der Waals surface area (Å²) in [6.07, 6.45) is 1.86. The number of pyridine rings is 1. The van der Waals surface area contributed by atoms with Crippen molar-refractivity contribution < 1.29 is 9.59 Å². The molecular weight excluding hydrogens is 342 g/mol. The first kappa shape index (κ1) is 21.4. The van der Waals surface area contributed by atoms with Gasteiger partial charge in [-0.1, -0.05) is 13.8 Å². The van der Waals surface area contributed by atoms with Crippen molar-refractivity contribution >= 4 is 11.7 Å². The Balaban J connectivity index is 2.02. The number of carbonyl (C=O) groups excluding carboxylic acids is 2. The highest BCUT2D eigenvalue weighted by molar-refractivity contribution is 6.02. The Hall–Kier alpha value is -1.95. The minimum absolute atomic E-state index is 0.0175. The molecule has 1 aromatic rings. The smallest absolute Gasteiger partial charge is 0.261 e. The number of ketones is 1. The van der Waals surface area contributed by atoms with Gasteiger partial charge in [0.25, 0.3) is 11.5 Å². The van der Waals surface area contributed by atoms with Crippen LogP contribution in [0.25, 0.3) is 0 Å². The van der Waals surface area contributed by atoms with Crippen molar-refractivity contribution in [1.82, 2.24) is 15.2 Å². The largest absolute Gasteiger partial charge is 0.352 e. The fraction of sp³-hybridized carbons (Fsp3) is 0.667. The number of hydrogen-bond acceptors (Lipinski definition) is 4. The summed E-state index contributed by atoms with van der Waals surface area (Å²) in [7, 11) is 0. The maximum Gasteiger partial charge on any atom is 0.261 e. The van der Waals surface area contributed by atoms with Gasteiger partial charge in [0.15, 0.2) is 5.78 Å². The number of nitrogens with one attached hydrogen (secondary N) is 2. The minimum Gasteiger partial charge on any atom is -0.352 e. The number of amides is 1. The van der Waals surface area contributed by atoms with E-state index in [0.717, 1.165) is 13.0 Å². The van der Waals surface area contributed by atoms with Crippen LogP contribution in [-0.4, -0.2) is 46.7 Å². The highest BCUT2D eigenvalue weighted by Crippen LogP contribution is 2.33. The summed E-state index contributed by atoms with van der Waals surface area (Å²) in [6.45, 7) is 14.0. The van der Waals surface area contributed by atoms with Gasteiger partial charge in [0.2, 0.25) is 0 Å². The van der Waals surface area contributed by atoms with Crippen molar-refractivity contribution in [1.29, 1.82) is 0 Å². The van der Waals surface area contributed by atoms with Gasteiger partial charge in [-0.2, -0.15) is 0 Å². The standard InChI is InChI=1S/C21H33N3O3/c1-13(2)24(14(3)4)9-7-8-22-19(26)16-10-15-17(23-20(16)27)11-21(5,6)12-18(15)25/h10,13-14H,7-9,11-12H2,1-6H3,(H,22,26)(H,23,27). The van der Waals surface area contributed by atoms with Crippen LogP contribution in [0.1, 0.15) is 80.8 Å². The van der Waals surface area contributed by atoms with Crippen LogP contribution in [0.3, 0.4) is 0 Å². The number of nitrogens with zero attached hydrogens (tertiary/aromatic N) is 1. The molecule has 1 aliphatic rings. The van der Waals surface area contributed by atoms with Gasteiger partial charge in [0.1, 0.15) is 5.56 Å². The summed E-state index contributed by atoms with van der Waals surface area (Å²) >= 11 is 0. The van der Waals surface area contributed by atoms with E-state index in [9.17, 15) is 14.4 Å². The van der Waals surface area contributed by atoms with Gasteiger partial charge in [-0.15, -0.1) is 0 Å². The molecule has 0 atom stereocenters. The normalized spacial score (nSPS) is 16.1. The first-order valence-electron chi connectivity index (χ1n) is 9.85. The molecule has 2 N–H and O–H groups in total. The van der Waals surface area contributed by atoms with Crippen LogP contribution in [0.5, 0.6) is 0 Å². The van der Waals surface area contributed by atoms with E-state index in [4.69, 9.17) is 0 Å². The number of aromatic amines is 1. The molecule has 0 radical (unpaired) electrons. The van der Waals surface area contributed by atoms with E-state index in [1.54, 1.807) is 0 Å². The zero-order valence-corrected chi connectivity index (χ0v) is 17.4. The lowest BCUT2D eigenvalue weighted by molar-refractivity contribution is 0.0910. The number of fused-ring (bicyclic) bond motifs is 1. The van der Waals surface area contributed by atoms with Gasteiger partial charge in [-0.3, -0.25) is 19.3 Å². The molecule has 1 amide bonds. The molecule has 0 unspecified atom stereocenters. The third-order valence-electron chi connectivity index (χ3n) is 5.17. The second-order valence-corrected chi connectivity index (χ2v) is 8.88. The maximum atomic E-state index is 12.4. The summed E-state index contributed by atoms with van der Waals surface area (Å²) in [6, 6.07) is 2.36. The van der Waals surface area contributed by atoms with Crippen molar-refractivity contribution in [2.75, 3.05) is 13.1 Å². The SMILES string of the molecule is CC(C)N(CCCNC(=O)c1cc2c([nH]c1=O)CC(C)(C)CC2=O)C(C)C. The van der Waals surface area contributed by atoms with E-state index in [1.807, 2.05) is 13.8 Å². The average Bonchev–Trinajstić information content (AvgIpc) is 2.51. The molecule has 0 saturated heterocycles. The van der Waals surface area contributed by atoms with Gasteiger partial charge in [0, 0.05) is 42.9 Å². The van der Waals surface area contributed by atoms with Crippen molar-refractivity contribution in [2.24, 2.45) is 5.41 Å². The summed E-state index contributed by atoms with van der Waals surface area (Å²) in [5.74, 6) is -0.437. The van der Waals surface area contributed by atoms with Crippen LogP contribution in [-0.2, 0) is 6.42 Å². The van der Waals surface area contributed by atoms with Gasteiger partial charge in [-0.25, -0.2) is 0 Å². The topological polar surface area (TPSA) is 82.3 Å². The van der Waals surface area contributed by atoms with Gasteiger partial charge in [-0.05, 0) is 52.0 Å². The lowest BCUT2D eigenvalue weighted by atomic mass is 9.75. The predicted molar refractivity (Wildman–Crippen MR) is 107 cm³/mol. The van der Waals surface area contributed by atoms with Crippen molar-refractivity contribution in [2.45, 2.75) is 72.9 Å². The minimum atomic E-state index is -0.428. The van der Waals surface area contributed by atoms with E-state index in [2.05, 4.69) is 42.9 Å². The van der Waals surface area contributed by atoms with Crippen LogP contribution in [0, 0.1) is 5.41 Å². The highest BCUT2D eigenvalue weighted by atomic mass is 16.2. The Morgan fingerprint density at radius 1 is 1.19 bits per heavy atom. The quantitative estimate of drug-likeness (QED) is 0.718. The Kier molecular flexibility index (Phi) is 6.63. The second kappa shape index (κ2) is 8.38. The Morgan fingerprint density at radius 2 is 1.81 bits per heavy atom. The number of rotatable bonds is 7. The molecule has 27 heavy (non-hydrogen) atoms. The molecule has 1 heterocycles. The van der Waals surface area contributed by atoms with Crippen LogP contribution in [0.2, 0.25) is 0 Å². The Bertz CT molecular complexity index is 754. The molecule has 0 saturated carbocycles. The molecule has 6 nitrogen and oxygen atoms in total. The van der Waals surface area contributed by atoms with E-state index in [-0.39, 0.29) is 16.8 Å². The zero-order valence-electron chi connectivity index (χ0n) is 17.4. The van der Waals surface area contributed by atoms with E-state index in [1.165, 1.54) is 6.07 Å². The molecule has 1 aromatic heterocycles. The van der Waals surface area contributed by atoms with Gasteiger partial charge < -0.3 is 10.3 Å². The van der Waals surface area contributed by atoms with E-state index in [0.29, 0.717) is 42.7 Å². The highest BCUT2D eigenvalue weighted by Gasteiger charge is 2.32. The summed E-state index contributed by atoms with van der Waals surface area (Å²) < 4.78 is 0. The predicted octanol–water partition coefficient (Wildman–Crippen LogP) is 2.77. The summed E-state index contributed by atoms with van der Waals surface area (Å²) in [4.78, 5) is 42.3. The molecule has 2 rings (SSSR count). The lowest BCUT2D eigenvalue weighted by Gasteiger charge is -2.30. The first-order valence-corrected chi connectivity index (χ1v) is 9.85. The van der Waals surface area contributed by atoms with Crippen LogP contribution in [0.4, 0.5) is 0 Å². The third-order valence-corrected chi connectivity index (χ3v) is 5.17. The molecule has 0 spiro atoms. The molecule has 0 bridgehead atoms. The summed E-state index contributed by atoms with van der Waals surface area (Å²) in [5.41, 5.74) is 0.538. The molecule has 6 heteroatoms. The lowest BCUT2D eigenvalue weighted by Crippen LogP contribution is -2.39. The van der Waals surface area contributed by atoms with Crippen LogP contribution >= 0.6 is 0 Å². The first-order chi connectivity index (χ1) is 12.5. The zero-order chi connectivity index (χ0) is 20.4. The average molecular weight is 376 g/mol. The maximum absolute atomic E-state index is 12.4. The fourth-order valence-corrected chi connectivity index (χ4v) is 3.87. The number of H-pyrrole nitrogens is 1. The molecule has 150 valence electrons. The summed E-state index contributed by atoms with van der Waals surface area (Å²) in [5, 5.41) is 2.81. The molecule has 0 aromatic carbocycles. The van der Waals surface area contributed by atoms with Crippen LogP contribution in [0.15, 0.2) is 10.9 Å². The molecule has 1 aliphatic carbocycles. The number of carbonyl (C=O) groups is 2. The molecular formula is C21H33N3O3. The van der Waals surface area contributed by atoms with E-state index >= 15 is 0 Å². The molecule has 0 aliphatic heterocycles. The number of Topliss-reactive ketones (excluding diaryl/α,β-unsaturated/α-hetero) is 1. The van der Waals surface area contributed by atoms with Gasteiger partial charge >= 0.3 is 0 Å². The number of hydrogen-bond donors (Lipinski definition) is 2.